The van der Waals surface area contributed by atoms with Gasteiger partial charge in [0.05, 0.1) is 35.7 Å². The molecule has 526 valence electrons. The number of pyridine rings is 3. The van der Waals surface area contributed by atoms with E-state index in [1.165, 1.54) is 29.0 Å². The van der Waals surface area contributed by atoms with E-state index in [0.717, 1.165) is 39.8 Å². The smallest absolute Gasteiger partial charge is 0.137 e. The van der Waals surface area contributed by atoms with E-state index < -0.39 is 0 Å². The lowest BCUT2D eigenvalue weighted by Gasteiger charge is -1.82. The largest absolute Gasteiger partial charge is 0.470 e. The molecule has 22 heteroatoms. The van der Waals surface area contributed by atoms with Crippen molar-refractivity contribution >= 4 is 34.2 Å². The molecular weight excluding hydrogens is 1250 g/mol. The highest BCUT2D eigenvalue weighted by atomic mass is 32.1. The zero-order valence-corrected chi connectivity index (χ0v) is 64.9. The summed E-state index contributed by atoms with van der Waals surface area (Å²) in [5.74, 6) is 0.968. The highest BCUT2D eigenvalue weighted by Gasteiger charge is 1.81. The average molecular weight is 1360 g/mol. The number of hydrogen-bond donors (Lipinski definition) is 0. The van der Waals surface area contributed by atoms with Gasteiger partial charge in [0.15, 0.2) is 0 Å². The fraction of sp³-hybridized carbons (Fsp3) is 0.370. The van der Waals surface area contributed by atoms with Crippen LogP contribution >= 0.6 is 34.2 Å². The molecule has 13 heterocycles. The summed E-state index contributed by atoms with van der Waals surface area (Å²) < 4.78 is 24.7. The van der Waals surface area contributed by atoms with Crippen LogP contribution in [0.25, 0.3) is 0 Å². The summed E-state index contributed by atoms with van der Waals surface area (Å²) >= 11 is 4.86. The molecule has 0 bridgehead atoms. The lowest BCUT2D eigenvalue weighted by atomic mass is 10.3. The van der Waals surface area contributed by atoms with E-state index in [1.54, 1.807) is 118 Å². The maximum atomic E-state index is 4.83. The van der Waals surface area contributed by atoms with Crippen LogP contribution in [0.1, 0.15) is 148 Å². The Morgan fingerprint density at radius 3 is 1.13 bits per heavy atom. The third-order valence-corrected chi connectivity index (χ3v) is 10.6. The van der Waals surface area contributed by atoms with E-state index in [2.05, 4.69) is 92.7 Å². The number of nitrogens with zero attached hydrogens (tertiary/aromatic N) is 16. The second kappa shape index (κ2) is 82.9. The predicted octanol–water partition coefficient (Wildman–Crippen LogP) is 20.9. The first-order chi connectivity index (χ1) is 46.1. The van der Waals surface area contributed by atoms with Crippen LogP contribution < -0.4 is 0 Å². The third-order valence-electron chi connectivity index (χ3n) is 8.45. The minimum absolute atomic E-state index is 0.926. The van der Waals surface area contributed by atoms with Crippen LogP contribution in [-0.2, 0) is 28.2 Å². The molecule has 0 amide bonds. The Bertz CT molecular complexity index is 2510. The van der Waals surface area contributed by atoms with Crippen LogP contribution in [0.15, 0.2) is 237 Å². The van der Waals surface area contributed by atoms with Crippen molar-refractivity contribution in [3.8, 4) is 0 Å². The SMILES string of the molecule is CC.CC.CC.CC.CC.CC.CC.Cc1ccccn1.Cc1ccccn1.Cc1cccnc1.Cc1ccco1.Cc1ccon1.Cc1ccsc1.Cc1ccsn1.Cc1cnoc1.Cc1cscn1.Cn1cccn1.Cn1cccn1.Cn1ccnc1.Cn1cncn1. The monoisotopic (exact) mass is 1360 g/mol. The first-order valence-electron chi connectivity index (χ1n) is 31.8. The van der Waals surface area contributed by atoms with E-state index in [4.69, 9.17) is 4.42 Å². The van der Waals surface area contributed by atoms with Crippen molar-refractivity contribution in [3.05, 3.63) is 275 Å². The van der Waals surface area contributed by atoms with E-state index in [9.17, 15) is 0 Å². The maximum Gasteiger partial charge on any atom is 0.137 e. The Labute approximate surface area is 585 Å². The molecule has 0 spiro atoms. The number of thiazole rings is 1. The highest BCUT2D eigenvalue weighted by Crippen LogP contribution is 2.02. The predicted molar refractivity (Wildman–Crippen MR) is 406 cm³/mol. The number of aryl methyl sites for hydroxylation is 13. The van der Waals surface area contributed by atoms with Gasteiger partial charge in [-0.05, 0) is 162 Å². The standard InChI is InChI=1S/3C6H7N.C5H6O.C5H6S.3C4H6N2.2C4H5NO.2C4H5NS.C3H5N3.7C2H6/c1-6-3-2-4-7-5-6;2*1-6-4-2-3-5-7-6;1-5-3-2-4-6-5;1-5-2-3-6-4-5;1-6-3-2-5-4-6;2*1-6-4-2-3-5-6;1-4-2-5-6-3-4;1-4-2-3-6-5-4;1-4-2-6-3-5-4;1-4-2-3-6-5-4;1-6-3-4-2-5-6;7*1-2/h3*2-5H,1H3;5*2-4H,1H3;5*2-3H,1H3;7*1-2H3. The number of imidazole rings is 1. The molecule has 0 aromatic carbocycles. The molecule has 0 aliphatic carbocycles. The van der Waals surface area contributed by atoms with E-state index >= 15 is 0 Å². The molecule has 0 fully saturated rings. The lowest BCUT2D eigenvalue weighted by Crippen LogP contribution is -1.83. The number of thiophene rings is 1. The molecule has 0 atom stereocenters. The minimum Gasteiger partial charge on any atom is -0.470 e. The van der Waals surface area contributed by atoms with Crippen molar-refractivity contribution < 1.29 is 13.5 Å². The molecule has 13 rings (SSSR count). The zero-order chi connectivity index (χ0) is 73.4. The van der Waals surface area contributed by atoms with Crippen LogP contribution in [0.3, 0.4) is 0 Å². The van der Waals surface area contributed by atoms with E-state index in [1.807, 2.05) is 305 Å². The molecule has 0 radical (unpaired) electrons. The number of hydrogen-bond acceptors (Lipinski definition) is 18. The van der Waals surface area contributed by atoms with Crippen molar-refractivity contribution in [1.29, 1.82) is 0 Å². The zero-order valence-electron chi connectivity index (χ0n) is 62.5. The van der Waals surface area contributed by atoms with Gasteiger partial charge in [0.25, 0.3) is 0 Å². The average Bonchev–Trinajstić information content (AvgIpc) is 4.66. The van der Waals surface area contributed by atoms with E-state index in [-0.39, 0.29) is 0 Å². The van der Waals surface area contributed by atoms with Gasteiger partial charge in [-0.15, -0.1) is 11.3 Å². The van der Waals surface area contributed by atoms with Gasteiger partial charge in [0.1, 0.15) is 30.9 Å². The van der Waals surface area contributed by atoms with Gasteiger partial charge in [0, 0.05) is 130 Å². The molecule has 13 aromatic heterocycles. The topological polar surface area (TPSA) is 214 Å². The first kappa shape index (κ1) is 99.4. The van der Waals surface area contributed by atoms with E-state index in [0.29, 0.717) is 0 Å². The highest BCUT2D eigenvalue weighted by molar-refractivity contribution is 7.08. The van der Waals surface area contributed by atoms with Crippen LogP contribution in [0.2, 0.25) is 0 Å². The summed E-state index contributed by atoms with van der Waals surface area (Å²) in [6, 6.07) is 29.1. The van der Waals surface area contributed by atoms with Crippen molar-refractivity contribution in [2.45, 2.75) is 159 Å². The van der Waals surface area contributed by atoms with Gasteiger partial charge < -0.3 is 18.0 Å². The summed E-state index contributed by atoms with van der Waals surface area (Å²) in [6.07, 6.45) is 29.5. The van der Waals surface area contributed by atoms with Gasteiger partial charge in [-0.3, -0.25) is 34.0 Å². The fourth-order valence-corrected chi connectivity index (χ4v) is 6.15. The maximum absolute atomic E-state index is 4.83. The van der Waals surface area contributed by atoms with Crippen LogP contribution in [-0.4, -0.2) is 78.5 Å². The first-order valence-corrected chi connectivity index (χ1v) is 34.5. The number of aromatic nitrogens is 16. The summed E-state index contributed by atoms with van der Waals surface area (Å²) in [7, 11) is 7.54. The van der Waals surface area contributed by atoms with Gasteiger partial charge >= 0.3 is 0 Å². The van der Waals surface area contributed by atoms with Gasteiger partial charge in [-0.1, -0.05) is 125 Å². The molecule has 19 nitrogen and oxygen atoms in total. The molecule has 95 heavy (non-hydrogen) atoms. The normalized spacial score (nSPS) is 7.95. The second-order valence-electron chi connectivity index (χ2n) is 16.3. The molecule has 0 aliphatic heterocycles. The quantitative estimate of drug-likeness (QED) is 0.138. The number of rotatable bonds is 0. The molecule has 0 N–H and O–H groups in total. The van der Waals surface area contributed by atoms with Gasteiger partial charge in [-0.25, -0.2) is 9.97 Å². The molecular formula is C73H118N16O3S3. The van der Waals surface area contributed by atoms with Gasteiger partial charge in [-0.2, -0.15) is 31.0 Å². The summed E-state index contributed by atoms with van der Waals surface area (Å²) in [5, 5.41) is 26.6. The molecule has 13 aromatic rings. The van der Waals surface area contributed by atoms with Crippen LogP contribution in [0.5, 0.6) is 0 Å². The van der Waals surface area contributed by atoms with Crippen LogP contribution in [0.4, 0.5) is 0 Å². The summed E-state index contributed by atoms with van der Waals surface area (Å²) in [6.45, 7) is 45.7. The second-order valence-corrected chi connectivity index (χ2v) is 18.4. The third kappa shape index (κ3) is 80.9. The minimum atomic E-state index is 0.926. The van der Waals surface area contributed by atoms with Crippen molar-refractivity contribution in [3.63, 3.8) is 0 Å². The van der Waals surface area contributed by atoms with Gasteiger partial charge in [0.2, 0.25) is 0 Å². The Kier molecular flexibility index (Phi) is 86.8. The Balaban J connectivity index is -0.000000174. The molecule has 0 saturated heterocycles. The molecule has 0 unspecified atom stereocenters. The van der Waals surface area contributed by atoms with Crippen molar-refractivity contribution in [1.82, 2.24) is 78.5 Å². The fourth-order valence-electron chi connectivity index (χ4n) is 4.40. The summed E-state index contributed by atoms with van der Waals surface area (Å²) in [4.78, 5) is 23.2. The lowest BCUT2D eigenvalue weighted by molar-refractivity contribution is 0.415. The number of furan rings is 1. The Morgan fingerprint density at radius 2 is 0.989 bits per heavy atom. The van der Waals surface area contributed by atoms with Crippen molar-refractivity contribution in [2.24, 2.45) is 28.2 Å². The summed E-state index contributed by atoms with van der Waals surface area (Å²) in [5.41, 5.74) is 10.8. The van der Waals surface area contributed by atoms with Crippen molar-refractivity contribution in [2.75, 3.05) is 0 Å². The Morgan fingerprint density at radius 1 is 0.389 bits per heavy atom. The van der Waals surface area contributed by atoms with Crippen LogP contribution in [0, 0.1) is 62.3 Å². The molecule has 0 aliphatic rings. The molecule has 0 saturated carbocycles. The Hall–Kier alpha value is -9.12.